The van der Waals surface area contributed by atoms with E-state index in [1.165, 1.54) is 24.0 Å². The minimum Gasteiger partial charge on any atom is -0.358 e. The number of aromatic amines is 1. The largest absolute Gasteiger partial charge is 0.358 e. The molecule has 0 aliphatic heterocycles. The first-order valence-electron chi connectivity index (χ1n) is 5.35. The number of rotatable bonds is 3. The first-order valence-corrected chi connectivity index (χ1v) is 8.09. The number of nitrogens with zero attached hydrogens (tertiary/aromatic N) is 1. The molecule has 0 amide bonds. The molecule has 0 radical (unpaired) electrons. The molecule has 20 heavy (non-hydrogen) atoms. The van der Waals surface area contributed by atoms with Crippen molar-refractivity contribution in [2.24, 2.45) is 0 Å². The Morgan fingerprint density at radius 3 is 2.90 bits per heavy atom. The SMILES string of the molecule is O=S(=O)(Nc1ccc(F)c2c(Cl)c[nH]c12)c1cncs1. The molecule has 0 atom stereocenters. The average Bonchev–Trinajstić information content (AvgIpc) is 3.03. The van der Waals surface area contributed by atoms with Gasteiger partial charge in [0.15, 0.2) is 4.21 Å². The van der Waals surface area contributed by atoms with Gasteiger partial charge in [0.25, 0.3) is 10.0 Å². The van der Waals surface area contributed by atoms with Crippen LogP contribution in [-0.2, 0) is 10.0 Å². The number of hydrogen-bond acceptors (Lipinski definition) is 4. The molecule has 0 aliphatic carbocycles. The molecule has 0 fully saturated rings. The highest BCUT2D eigenvalue weighted by Crippen LogP contribution is 2.32. The number of thiazole rings is 1. The van der Waals surface area contributed by atoms with Gasteiger partial charge in [-0.05, 0) is 12.1 Å². The average molecular weight is 332 g/mol. The Bertz CT molecular complexity index is 875. The zero-order chi connectivity index (χ0) is 14.3. The lowest BCUT2D eigenvalue weighted by molar-refractivity contribution is 0.603. The molecule has 9 heteroatoms. The monoisotopic (exact) mass is 331 g/mol. The summed E-state index contributed by atoms with van der Waals surface area (Å²) in [6.45, 7) is 0. The number of nitrogens with one attached hydrogen (secondary N) is 2. The van der Waals surface area contributed by atoms with Crippen LogP contribution in [0.5, 0.6) is 0 Å². The predicted octanol–water partition coefficient (Wildman–Crippen LogP) is 3.22. The fourth-order valence-corrected chi connectivity index (χ4v) is 3.89. The number of fused-ring (bicyclic) bond motifs is 1. The van der Waals surface area contributed by atoms with Crippen LogP contribution in [0.1, 0.15) is 0 Å². The second kappa shape index (κ2) is 4.72. The van der Waals surface area contributed by atoms with Gasteiger partial charge < -0.3 is 4.98 Å². The van der Waals surface area contributed by atoms with Crippen LogP contribution in [0.2, 0.25) is 5.02 Å². The lowest BCUT2D eigenvalue weighted by Crippen LogP contribution is -2.11. The summed E-state index contributed by atoms with van der Waals surface area (Å²) in [6, 6.07) is 2.50. The Hall–Kier alpha value is -1.64. The van der Waals surface area contributed by atoms with Gasteiger partial charge in [-0.1, -0.05) is 11.6 Å². The Morgan fingerprint density at radius 2 is 2.20 bits per heavy atom. The van der Waals surface area contributed by atoms with E-state index in [9.17, 15) is 12.8 Å². The van der Waals surface area contributed by atoms with E-state index in [1.54, 1.807) is 0 Å². The fourth-order valence-electron chi connectivity index (χ4n) is 1.79. The fraction of sp³-hybridized carbons (Fsp3) is 0. The molecule has 0 saturated carbocycles. The highest BCUT2D eigenvalue weighted by molar-refractivity contribution is 7.94. The van der Waals surface area contributed by atoms with Crippen molar-refractivity contribution >= 4 is 49.6 Å². The third-order valence-corrected chi connectivity index (χ3v) is 5.59. The number of hydrogen-bond donors (Lipinski definition) is 2. The lowest BCUT2D eigenvalue weighted by atomic mass is 10.2. The minimum absolute atomic E-state index is 0.0765. The zero-order valence-electron chi connectivity index (χ0n) is 9.72. The van der Waals surface area contributed by atoms with Gasteiger partial charge in [0.05, 0.1) is 33.3 Å². The maximum Gasteiger partial charge on any atom is 0.273 e. The van der Waals surface area contributed by atoms with Gasteiger partial charge in [-0.3, -0.25) is 9.71 Å². The van der Waals surface area contributed by atoms with E-state index in [2.05, 4.69) is 14.7 Å². The van der Waals surface area contributed by atoms with E-state index in [0.717, 1.165) is 17.4 Å². The first-order chi connectivity index (χ1) is 9.49. The maximum atomic E-state index is 13.7. The van der Waals surface area contributed by atoms with Gasteiger partial charge in [-0.2, -0.15) is 0 Å². The number of halogens is 2. The summed E-state index contributed by atoms with van der Waals surface area (Å²) in [4.78, 5) is 6.48. The molecule has 0 aliphatic rings. The number of anilines is 1. The molecule has 2 N–H and O–H groups in total. The van der Waals surface area contributed by atoms with E-state index in [-0.39, 0.29) is 20.3 Å². The Morgan fingerprint density at radius 1 is 1.40 bits per heavy atom. The number of aromatic nitrogens is 2. The molecule has 2 aromatic heterocycles. The quantitative estimate of drug-likeness (QED) is 0.773. The molecule has 0 spiro atoms. The van der Waals surface area contributed by atoms with Crippen LogP contribution in [0, 0.1) is 5.82 Å². The van der Waals surface area contributed by atoms with Crippen LogP contribution in [0.25, 0.3) is 10.9 Å². The van der Waals surface area contributed by atoms with Gasteiger partial charge in [-0.25, -0.2) is 12.8 Å². The van der Waals surface area contributed by atoms with Gasteiger partial charge in [0, 0.05) is 6.20 Å². The predicted molar refractivity (Wildman–Crippen MR) is 76.2 cm³/mol. The second-order valence-electron chi connectivity index (χ2n) is 3.91. The molecule has 3 rings (SSSR count). The van der Waals surface area contributed by atoms with Crippen LogP contribution in [0.15, 0.2) is 34.2 Å². The summed E-state index contributed by atoms with van der Waals surface area (Å²) >= 11 is 6.86. The van der Waals surface area contributed by atoms with Gasteiger partial charge in [0.1, 0.15) is 5.82 Å². The van der Waals surface area contributed by atoms with E-state index in [4.69, 9.17) is 11.6 Å². The zero-order valence-corrected chi connectivity index (χ0v) is 12.1. The second-order valence-corrected chi connectivity index (χ2v) is 7.11. The van der Waals surface area contributed by atoms with E-state index < -0.39 is 15.8 Å². The molecule has 3 aromatic rings. The normalized spacial score (nSPS) is 11.9. The molecule has 0 bridgehead atoms. The molecular weight excluding hydrogens is 325 g/mol. The van der Waals surface area contributed by atoms with Crippen LogP contribution in [0.3, 0.4) is 0 Å². The third-order valence-electron chi connectivity index (χ3n) is 2.66. The van der Waals surface area contributed by atoms with Crippen LogP contribution in [-0.4, -0.2) is 18.4 Å². The van der Waals surface area contributed by atoms with E-state index in [0.29, 0.717) is 5.52 Å². The first kappa shape index (κ1) is 13.3. The lowest BCUT2D eigenvalue weighted by Gasteiger charge is -2.07. The molecule has 1 aromatic carbocycles. The van der Waals surface area contributed by atoms with Gasteiger partial charge in [-0.15, -0.1) is 11.3 Å². The Balaban J connectivity index is 2.11. The summed E-state index contributed by atoms with van der Waals surface area (Å²) in [5.74, 6) is -0.521. The molecule has 0 saturated heterocycles. The third kappa shape index (κ3) is 2.15. The van der Waals surface area contributed by atoms with Crippen molar-refractivity contribution in [2.75, 3.05) is 4.72 Å². The van der Waals surface area contributed by atoms with E-state index in [1.807, 2.05) is 0 Å². The molecular formula is C11H7ClFN3O2S2. The molecule has 5 nitrogen and oxygen atoms in total. The highest BCUT2D eigenvalue weighted by atomic mass is 35.5. The topological polar surface area (TPSA) is 74.8 Å². The molecule has 0 unspecified atom stereocenters. The number of sulfonamides is 1. The van der Waals surface area contributed by atoms with Crippen molar-refractivity contribution in [3.05, 3.63) is 40.9 Å². The molecule has 104 valence electrons. The Kier molecular flexibility index (Phi) is 3.15. The standard InChI is InChI=1S/C11H7ClFN3O2S2/c12-6-3-15-11-8(2-1-7(13)10(6)11)16-20(17,18)9-4-14-5-19-9/h1-5,15-16H. The summed E-state index contributed by atoms with van der Waals surface area (Å²) < 4.78 is 40.4. The minimum atomic E-state index is -3.74. The van der Waals surface area contributed by atoms with Crippen LogP contribution in [0.4, 0.5) is 10.1 Å². The van der Waals surface area contributed by atoms with Crippen molar-refractivity contribution in [3.8, 4) is 0 Å². The summed E-state index contributed by atoms with van der Waals surface area (Å²) in [5, 5.41) is 0.340. The smallest absolute Gasteiger partial charge is 0.273 e. The van der Waals surface area contributed by atoms with Crippen LogP contribution < -0.4 is 4.72 Å². The van der Waals surface area contributed by atoms with E-state index >= 15 is 0 Å². The van der Waals surface area contributed by atoms with Crippen molar-refractivity contribution in [1.82, 2.24) is 9.97 Å². The van der Waals surface area contributed by atoms with Crippen LogP contribution >= 0.6 is 22.9 Å². The summed E-state index contributed by atoms with van der Waals surface area (Å²) in [7, 11) is -3.74. The van der Waals surface area contributed by atoms with Gasteiger partial charge in [0.2, 0.25) is 0 Å². The van der Waals surface area contributed by atoms with Crippen molar-refractivity contribution in [2.45, 2.75) is 4.21 Å². The number of H-pyrrole nitrogens is 1. The highest BCUT2D eigenvalue weighted by Gasteiger charge is 2.19. The Labute approximate surface area is 122 Å². The molecule has 2 heterocycles. The van der Waals surface area contributed by atoms with Crippen molar-refractivity contribution < 1.29 is 12.8 Å². The number of benzene rings is 1. The van der Waals surface area contributed by atoms with Crippen molar-refractivity contribution in [3.63, 3.8) is 0 Å². The summed E-state index contributed by atoms with van der Waals surface area (Å²) in [6.07, 6.45) is 2.65. The summed E-state index contributed by atoms with van der Waals surface area (Å²) in [5.41, 5.74) is 1.94. The van der Waals surface area contributed by atoms with Crippen molar-refractivity contribution in [1.29, 1.82) is 0 Å². The maximum absolute atomic E-state index is 13.7. The van der Waals surface area contributed by atoms with Gasteiger partial charge >= 0.3 is 0 Å².